The molecular formula is C22H23N3O4S. The van der Waals surface area contributed by atoms with Crippen LogP contribution in [0.3, 0.4) is 0 Å². The molecule has 156 valence electrons. The van der Waals surface area contributed by atoms with Gasteiger partial charge >= 0.3 is 0 Å². The monoisotopic (exact) mass is 425 g/mol. The number of pyridine rings is 1. The van der Waals surface area contributed by atoms with E-state index in [9.17, 15) is 13.2 Å². The lowest BCUT2D eigenvalue weighted by Crippen LogP contribution is -2.40. The van der Waals surface area contributed by atoms with Gasteiger partial charge in [0.15, 0.2) is 0 Å². The Morgan fingerprint density at radius 3 is 2.60 bits per heavy atom. The summed E-state index contributed by atoms with van der Waals surface area (Å²) < 4.78 is 32.4. The molecule has 1 aromatic heterocycles. The molecular weight excluding hydrogens is 402 g/mol. The first kappa shape index (κ1) is 20.5. The largest absolute Gasteiger partial charge is 0.379 e. The van der Waals surface area contributed by atoms with Gasteiger partial charge in [0.05, 0.1) is 29.3 Å². The molecule has 0 spiro atoms. The fraction of sp³-hybridized carbons (Fsp3) is 0.273. The lowest BCUT2D eigenvalue weighted by molar-refractivity contribution is 0.0730. The van der Waals surface area contributed by atoms with Crippen molar-refractivity contribution in [1.82, 2.24) is 9.29 Å². The van der Waals surface area contributed by atoms with Gasteiger partial charge in [-0.05, 0) is 50.2 Å². The minimum Gasteiger partial charge on any atom is -0.379 e. The summed E-state index contributed by atoms with van der Waals surface area (Å²) in [6.07, 6.45) is 0. The van der Waals surface area contributed by atoms with Gasteiger partial charge in [-0.1, -0.05) is 17.7 Å². The minimum atomic E-state index is -3.67. The Kier molecular flexibility index (Phi) is 5.55. The Morgan fingerprint density at radius 2 is 1.83 bits per heavy atom. The number of carbonyl (C=O) groups excluding carboxylic acids is 1. The number of aryl methyl sites for hydroxylation is 2. The lowest BCUT2D eigenvalue weighted by atomic mass is 10.1. The molecule has 4 rings (SSSR count). The number of ether oxygens (including phenoxy) is 1. The quantitative estimate of drug-likeness (QED) is 0.694. The van der Waals surface area contributed by atoms with E-state index in [1.807, 2.05) is 38.1 Å². The number of hydrogen-bond acceptors (Lipinski definition) is 5. The molecule has 0 saturated carbocycles. The van der Waals surface area contributed by atoms with Crippen molar-refractivity contribution in [3.63, 3.8) is 0 Å². The first-order valence-electron chi connectivity index (χ1n) is 9.72. The van der Waals surface area contributed by atoms with Crippen molar-refractivity contribution in [1.29, 1.82) is 0 Å². The van der Waals surface area contributed by atoms with Crippen molar-refractivity contribution in [2.75, 3.05) is 31.6 Å². The molecule has 30 heavy (non-hydrogen) atoms. The van der Waals surface area contributed by atoms with E-state index in [4.69, 9.17) is 4.74 Å². The maximum atomic E-state index is 12.9. The third kappa shape index (κ3) is 4.07. The molecule has 1 aliphatic heterocycles. The summed E-state index contributed by atoms with van der Waals surface area (Å²) in [5.41, 5.74) is 3.55. The molecule has 0 unspecified atom stereocenters. The summed E-state index contributed by atoms with van der Waals surface area (Å²) in [7, 11) is -3.67. The van der Waals surface area contributed by atoms with Gasteiger partial charge in [0.25, 0.3) is 5.91 Å². The Balaban J connectivity index is 1.65. The third-order valence-electron chi connectivity index (χ3n) is 5.04. The number of aromatic nitrogens is 1. The van der Waals surface area contributed by atoms with Crippen LogP contribution in [-0.2, 0) is 14.8 Å². The van der Waals surface area contributed by atoms with Gasteiger partial charge < -0.3 is 10.1 Å². The predicted molar refractivity (Wildman–Crippen MR) is 115 cm³/mol. The fourth-order valence-corrected chi connectivity index (χ4v) is 4.96. The number of fused-ring (bicyclic) bond motifs is 1. The van der Waals surface area contributed by atoms with Crippen LogP contribution < -0.4 is 5.32 Å². The van der Waals surface area contributed by atoms with Crippen molar-refractivity contribution in [2.24, 2.45) is 0 Å². The number of hydrogen-bond donors (Lipinski definition) is 1. The number of morpholine rings is 1. The Morgan fingerprint density at radius 1 is 1.07 bits per heavy atom. The van der Waals surface area contributed by atoms with Crippen molar-refractivity contribution in [3.05, 3.63) is 65.4 Å². The van der Waals surface area contributed by atoms with Crippen LogP contribution in [0.2, 0.25) is 0 Å². The van der Waals surface area contributed by atoms with E-state index in [0.717, 1.165) is 22.2 Å². The SMILES string of the molecule is Cc1ccc2nc(C)cc(NC(=O)c3cccc(S(=O)(=O)N4CCOCC4)c3)c2c1. The molecule has 7 nitrogen and oxygen atoms in total. The van der Waals surface area contributed by atoms with Crippen LogP contribution in [-0.4, -0.2) is 49.9 Å². The number of rotatable bonds is 4. The summed E-state index contributed by atoms with van der Waals surface area (Å²) in [6.45, 7) is 5.19. The van der Waals surface area contributed by atoms with E-state index in [1.165, 1.54) is 16.4 Å². The highest BCUT2D eigenvalue weighted by Crippen LogP contribution is 2.25. The van der Waals surface area contributed by atoms with E-state index in [-0.39, 0.29) is 16.4 Å². The van der Waals surface area contributed by atoms with Crippen LogP contribution in [0, 0.1) is 13.8 Å². The van der Waals surface area contributed by atoms with Gasteiger partial charge in [-0.25, -0.2) is 8.42 Å². The topological polar surface area (TPSA) is 88.6 Å². The molecule has 3 aromatic rings. The summed E-state index contributed by atoms with van der Waals surface area (Å²) in [5.74, 6) is -0.373. The average molecular weight is 426 g/mol. The second kappa shape index (κ2) is 8.14. The zero-order chi connectivity index (χ0) is 21.3. The summed E-state index contributed by atoms with van der Waals surface area (Å²) in [5, 5.41) is 3.76. The van der Waals surface area contributed by atoms with Crippen LogP contribution in [0.5, 0.6) is 0 Å². The standard InChI is InChI=1S/C22H23N3O4S/c1-15-6-7-20-19(12-15)21(13-16(2)23-20)24-22(26)17-4-3-5-18(14-17)30(27,28)25-8-10-29-11-9-25/h3-7,12-14H,8-11H2,1-2H3,(H,23,24,26). The average Bonchev–Trinajstić information content (AvgIpc) is 2.75. The number of sulfonamides is 1. The molecule has 1 fully saturated rings. The van der Waals surface area contributed by atoms with Crippen molar-refractivity contribution in [3.8, 4) is 0 Å². The zero-order valence-corrected chi connectivity index (χ0v) is 17.7. The minimum absolute atomic E-state index is 0.101. The van der Waals surface area contributed by atoms with E-state index < -0.39 is 10.0 Å². The molecule has 0 bridgehead atoms. The molecule has 2 aromatic carbocycles. The lowest BCUT2D eigenvalue weighted by Gasteiger charge is -2.26. The van der Waals surface area contributed by atoms with Crippen LogP contribution >= 0.6 is 0 Å². The molecule has 1 aliphatic rings. The number of benzene rings is 2. The van der Waals surface area contributed by atoms with Gasteiger partial charge in [-0.15, -0.1) is 0 Å². The van der Waals surface area contributed by atoms with Gasteiger partial charge in [0.1, 0.15) is 0 Å². The van der Waals surface area contributed by atoms with E-state index in [2.05, 4.69) is 10.3 Å². The van der Waals surface area contributed by atoms with E-state index >= 15 is 0 Å². The molecule has 2 heterocycles. The second-order valence-electron chi connectivity index (χ2n) is 7.33. The van der Waals surface area contributed by atoms with Crippen molar-refractivity contribution >= 4 is 32.5 Å². The maximum Gasteiger partial charge on any atom is 0.255 e. The first-order valence-corrected chi connectivity index (χ1v) is 11.2. The highest BCUT2D eigenvalue weighted by molar-refractivity contribution is 7.89. The highest BCUT2D eigenvalue weighted by atomic mass is 32.2. The molecule has 1 amide bonds. The molecule has 1 saturated heterocycles. The van der Waals surface area contributed by atoms with Crippen LogP contribution in [0.1, 0.15) is 21.6 Å². The zero-order valence-electron chi connectivity index (χ0n) is 16.9. The highest BCUT2D eigenvalue weighted by Gasteiger charge is 2.27. The van der Waals surface area contributed by atoms with Gasteiger partial charge in [0.2, 0.25) is 10.0 Å². The molecule has 0 radical (unpaired) electrons. The van der Waals surface area contributed by atoms with Gasteiger partial charge in [0, 0.05) is 29.7 Å². The van der Waals surface area contributed by atoms with Gasteiger partial charge in [-0.2, -0.15) is 4.31 Å². The Bertz CT molecular complexity index is 1220. The van der Waals surface area contributed by atoms with Crippen LogP contribution in [0.25, 0.3) is 10.9 Å². The molecule has 0 aliphatic carbocycles. The molecule has 0 atom stereocenters. The molecule has 8 heteroatoms. The van der Waals surface area contributed by atoms with E-state index in [0.29, 0.717) is 32.0 Å². The predicted octanol–water partition coefficient (Wildman–Crippen LogP) is 3.12. The first-order chi connectivity index (χ1) is 14.3. The van der Waals surface area contributed by atoms with Gasteiger partial charge in [-0.3, -0.25) is 9.78 Å². The van der Waals surface area contributed by atoms with Crippen LogP contribution in [0.15, 0.2) is 53.4 Å². The third-order valence-corrected chi connectivity index (χ3v) is 6.94. The fourth-order valence-electron chi connectivity index (χ4n) is 3.50. The Hall–Kier alpha value is -2.81. The molecule has 1 N–H and O–H groups in total. The Labute approximate surface area is 175 Å². The van der Waals surface area contributed by atoms with E-state index in [1.54, 1.807) is 12.1 Å². The van der Waals surface area contributed by atoms with Crippen molar-refractivity contribution < 1.29 is 17.9 Å². The maximum absolute atomic E-state index is 12.9. The smallest absolute Gasteiger partial charge is 0.255 e. The number of amides is 1. The van der Waals surface area contributed by atoms with Crippen LogP contribution in [0.4, 0.5) is 5.69 Å². The summed E-state index contributed by atoms with van der Waals surface area (Å²) >= 11 is 0. The second-order valence-corrected chi connectivity index (χ2v) is 9.27. The number of anilines is 1. The van der Waals surface area contributed by atoms with Crippen molar-refractivity contribution in [2.45, 2.75) is 18.7 Å². The number of nitrogens with one attached hydrogen (secondary N) is 1. The number of carbonyl (C=O) groups is 1. The summed E-state index contributed by atoms with van der Waals surface area (Å²) in [4.78, 5) is 17.6. The normalized spacial score (nSPS) is 15.3. The number of nitrogens with zero attached hydrogens (tertiary/aromatic N) is 2. The summed E-state index contributed by atoms with van der Waals surface area (Å²) in [6, 6.07) is 13.8.